The van der Waals surface area contributed by atoms with Crippen LogP contribution >= 0.6 is 39.9 Å². The van der Waals surface area contributed by atoms with Gasteiger partial charge in [0.2, 0.25) is 0 Å². The summed E-state index contributed by atoms with van der Waals surface area (Å²) in [5, 5.41) is 0. The zero-order chi connectivity index (χ0) is 10.7. The predicted octanol–water partition coefficient (Wildman–Crippen LogP) is 4.00. The number of nitrogens with zero attached hydrogens (tertiary/aromatic N) is 2. The Balaban J connectivity index is 0.00000128. The minimum Gasteiger partial charge on any atom is -0.371 e. The summed E-state index contributed by atoms with van der Waals surface area (Å²) in [5.41, 5.74) is 2.18. The molecule has 0 spiro atoms. The zero-order valence-electron chi connectivity index (χ0n) is 8.96. The van der Waals surface area contributed by atoms with Gasteiger partial charge >= 0.3 is 0 Å². The highest BCUT2D eigenvalue weighted by molar-refractivity contribution is 9.10. The first-order valence-electron chi connectivity index (χ1n) is 5.26. The van der Waals surface area contributed by atoms with Gasteiger partial charge in [0.25, 0.3) is 0 Å². The van der Waals surface area contributed by atoms with Crippen LogP contribution in [0, 0.1) is 0 Å². The minimum absolute atomic E-state index is 0. The Labute approximate surface area is 116 Å². The van der Waals surface area contributed by atoms with Gasteiger partial charge in [-0.1, -0.05) is 0 Å². The molecule has 0 saturated carbocycles. The van der Waals surface area contributed by atoms with Crippen molar-refractivity contribution in [3.05, 3.63) is 22.4 Å². The fraction of sp³-hybridized carbons (Fsp3) is 0.545. The summed E-state index contributed by atoms with van der Waals surface area (Å²) >= 11 is 9.34. The molecule has 0 aromatic carbocycles. The van der Waals surface area contributed by atoms with Crippen molar-refractivity contribution in [1.29, 1.82) is 0 Å². The average molecular weight is 326 g/mol. The second-order valence-corrected chi connectivity index (χ2v) is 4.93. The van der Waals surface area contributed by atoms with Gasteiger partial charge in [-0.2, -0.15) is 0 Å². The molecule has 1 aliphatic rings. The number of anilines is 1. The van der Waals surface area contributed by atoms with Crippen molar-refractivity contribution >= 4 is 45.6 Å². The molecule has 0 atom stereocenters. The summed E-state index contributed by atoms with van der Waals surface area (Å²) in [6, 6.07) is 2.09. The molecule has 1 aliphatic heterocycles. The molecule has 1 fully saturated rings. The van der Waals surface area contributed by atoms with E-state index in [-0.39, 0.29) is 12.4 Å². The minimum atomic E-state index is 0. The third-order valence-corrected chi connectivity index (χ3v) is 3.61. The molecule has 1 aromatic rings. The molecular weight excluding hydrogens is 311 g/mol. The molecule has 0 N–H and O–H groups in total. The molecule has 2 heterocycles. The lowest BCUT2D eigenvalue weighted by atomic mass is 10.1. The van der Waals surface area contributed by atoms with E-state index in [2.05, 4.69) is 31.9 Å². The maximum atomic E-state index is 5.79. The van der Waals surface area contributed by atoms with Gasteiger partial charge in [-0.05, 0) is 41.3 Å². The van der Waals surface area contributed by atoms with Crippen molar-refractivity contribution in [2.24, 2.45) is 0 Å². The van der Waals surface area contributed by atoms with E-state index >= 15 is 0 Å². The first kappa shape index (κ1) is 14.1. The molecule has 0 radical (unpaired) electrons. The molecule has 0 amide bonds. The van der Waals surface area contributed by atoms with Crippen molar-refractivity contribution in [1.82, 2.24) is 4.98 Å². The van der Waals surface area contributed by atoms with Crippen LogP contribution in [-0.4, -0.2) is 18.1 Å². The predicted molar refractivity (Wildman–Crippen MR) is 74.8 cm³/mol. The number of hydrogen-bond donors (Lipinski definition) is 0. The Bertz CT molecular complexity index is 341. The molecule has 2 rings (SSSR count). The molecule has 16 heavy (non-hydrogen) atoms. The highest BCUT2D eigenvalue weighted by Gasteiger charge is 2.14. The molecule has 0 aliphatic carbocycles. The van der Waals surface area contributed by atoms with Crippen LogP contribution in [0.1, 0.15) is 25.0 Å². The Hall–Kier alpha value is 0.01000. The molecule has 90 valence electrons. The summed E-state index contributed by atoms with van der Waals surface area (Å²) in [6.45, 7) is 2.29. The second kappa shape index (κ2) is 6.67. The smallest absolute Gasteiger partial charge is 0.0648 e. The van der Waals surface area contributed by atoms with Crippen LogP contribution < -0.4 is 4.90 Å². The van der Waals surface area contributed by atoms with Gasteiger partial charge in [-0.15, -0.1) is 24.0 Å². The second-order valence-electron chi connectivity index (χ2n) is 3.81. The fourth-order valence-corrected chi connectivity index (χ4v) is 2.53. The normalized spacial score (nSPS) is 15.8. The van der Waals surface area contributed by atoms with E-state index in [1.807, 2.05) is 6.20 Å². The SMILES string of the molecule is Cl.ClCc1cc(N2CCCCC2)c(Br)cn1. The molecule has 0 bridgehead atoms. The first-order chi connectivity index (χ1) is 7.31. The van der Waals surface area contributed by atoms with E-state index in [0.717, 1.165) is 23.3 Å². The van der Waals surface area contributed by atoms with Crippen LogP contribution in [0.5, 0.6) is 0 Å². The number of piperidine rings is 1. The average Bonchev–Trinajstić information content (AvgIpc) is 2.31. The lowest BCUT2D eigenvalue weighted by Crippen LogP contribution is -2.29. The lowest BCUT2D eigenvalue weighted by Gasteiger charge is -2.29. The standard InChI is InChI=1S/C11H14BrClN2.ClH/c12-10-8-14-9(7-13)6-11(10)15-4-2-1-3-5-15;/h6,8H,1-5,7H2;1H. The maximum absolute atomic E-state index is 5.79. The number of halogens is 3. The fourth-order valence-electron chi connectivity index (χ4n) is 1.92. The van der Waals surface area contributed by atoms with Crippen molar-refractivity contribution < 1.29 is 0 Å². The number of hydrogen-bond acceptors (Lipinski definition) is 2. The largest absolute Gasteiger partial charge is 0.371 e. The summed E-state index contributed by atoms with van der Waals surface area (Å²) in [4.78, 5) is 6.65. The van der Waals surface area contributed by atoms with Crippen molar-refractivity contribution in [2.45, 2.75) is 25.1 Å². The molecule has 1 aromatic heterocycles. The van der Waals surface area contributed by atoms with Gasteiger partial charge in [0.15, 0.2) is 0 Å². The third-order valence-electron chi connectivity index (χ3n) is 2.73. The van der Waals surface area contributed by atoms with Crippen LogP contribution in [0.4, 0.5) is 5.69 Å². The monoisotopic (exact) mass is 324 g/mol. The van der Waals surface area contributed by atoms with E-state index in [0.29, 0.717) is 5.88 Å². The van der Waals surface area contributed by atoms with E-state index in [9.17, 15) is 0 Å². The quantitative estimate of drug-likeness (QED) is 0.764. The Kier molecular flexibility index (Phi) is 5.87. The van der Waals surface area contributed by atoms with Gasteiger partial charge in [0, 0.05) is 19.3 Å². The van der Waals surface area contributed by atoms with Crippen molar-refractivity contribution in [3.63, 3.8) is 0 Å². The van der Waals surface area contributed by atoms with Crippen LogP contribution in [-0.2, 0) is 5.88 Å². The van der Waals surface area contributed by atoms with Crippen LogP contribution in [0.15, 0.2) is 16.7 Å². The summed E-state index contributed by atoms with van der Waals surface area (Å²) in [5.74, 6) is 0.480. The summed E-state index contributed by atoms with van der Waals surface area (Å²) < 4.78 is 1.07. The number of aromatic nitrogens is 1. The summed E-state index contributed by atoms with van der Waals surface area (Å²) in [7, 11) is 0. The van der Waals surface area contributed by atoms with Crippen LogP contribution in [0.25, 0.3) is 0 Å². The third kappa shape index (κ3) is 3.25. The first-order valence-corrected chi connectivity index (χ1v) is 6.59. The van der Waals surface area contributed by atoms with E-state index in [4.69, 9.17) is 11.6 Å². The van der Waals surface area contributed by atoms with Gasteiger partial charge in [0.05, 0.1) is 21.7 Å². The number of pyridine rings is 1. The highest BCUT2D eigenvalue weighted by Crippen LogP contribution is 2.28. The van der Waals surface area contributed by atoms with Crippen molar-refractivity contribution in [2.75, 3.05) is 18.0 Å². The van der Waals surface area contributed by atoms with Crippen LogP contribution in [0.3, 0.4) is 0 Å². The number of rotatable bonds is 2. The Morgan fingerprint density at radius 3 is 2.62 bits per heavy atom. The molecule has 2 nitrogen and oxygen atoms in total. The molecule has 1 saturated heterocycles. The topological polar surface area (TPSA) is 16.1 Å². The van der Waals surface area contributed by atoms with E-state index < -0.39 is 0 Å². The van der Waals surface area contributed by atoms with Gasteiger partial charge in [-0.3, -0.25) is 4.98 Å². The molecule has 0 unspecified atom stereocenters. The van der Waals surface area contributed by atoms with E-state index in [1.165, 1.54) is 24.9 Å². The molecular formula is C11H15BrCl2N2. The maximum Gasteiger partial charge on any atom is 0.0648 e. The lowest BCUT2D eigenvalue weighted by molar-refractivity contribution is 0.577. The number of alkyl halides is 1. The highest BCUT2D eigenvalue weighted by atomic mass is 79.9. The molecule has 5 heteroatoms. The van der Waals surface area contributed by atoms with Gasteiger partial charge in [-0.25, -0.2) is 0 Å². The van der Waals surface area contributed by atoms with Gasteiger partial charge < -0.3 is 4.90 Å². The van der Waals surface area contributed by atoms with Gasteiger partial charge in [0.1, 0.15) is 0 Å². The van der Waals surface area contributed by atoms with Crippen LogP contribution in [0.2, 0.25) is 0 Å². The van der Waals surface area contributed by atoms with Crippen molar-refractivity contribution in [3.8, 4) is 0 Å². The Morgan fingerprint density at radius 2 is 2.00 bits per heavy atom. The zero-order valence-corrected chi connectivity index (χ0v) is 12.1. The Morgan fingerprint density at radius 1 is 1.31 bits per heavy atom. The van der Waals surface area contributed by atoms with E-state index in [1.54, 1.807) is 0 Å². The summed E-state index contributed by atoms with van der Waals surface area (Å²) in [6.07, 6.45) is 5.76.